The molecule has 0 atom stereocenters. The summed E-state index contributed by atoms with van der Waals surface area (Å²) < 4.78 is 0.827. The fourth-order valence-electron chi connectivity index (χ4n) is 1.84. The number of pyridine rings is 1. The third-order valence-corrected chi connectivity index (χ3v) is 3.57. The van der Waals surface area contributed by atoms with E-state index in [-0.39, 0.29) is 5.91 Å². The molecule has 4 nitrogen and oxygen atoms in total. The highest BCUT2D eigenvalue weighted by atomic mass is 79.9. The molecule has 0 bridgehead atoms. The second-order valence-corrected chi connectivity index (χ2v) is 5.86. The summed E-state index contributed by atoms with van der Waals surface area (Å²) in [5, 5.41) is 2.85. The van der Waals surface area contributed by atoms with Crippen LogP contribution in [0.3, 0.4) is 0 Å². The molecular weight excluding hydrogens is 330 g/mol. The van der Waals surface area contributed by atoms with Crippen LogP contribution in [0.1, 0.15) is 28.9 Å². The topological polar surface area (TPSA) is 54.4 Å². The summed E-state index contributed by atoms with van der Waals surface area (Å²) in [6.07, 6.45) is 5.82. The van der Waals surface area contributed by atoms with Crippen molar-refractivity contribution in [3.63, 3.8) is 0 Å². The summed E-state index contributed by atoms with van der Waals surface area (Å²) in [5.41, 5.74) is 2.10. The molecule has 5 heteroatoms. The highest BCUT2D eigenvalue weighted by Crippen LogP contribution is 2.23. The zero-order valence-electron chi connectivity index (χ0n) is 11.3. The number of rotatable bonds is 4. The predicted octanol–water partition coefficient (Wildman–Crippen LogP) is 3.68. The quantitative estimate of drug-likeness (QED) is 0.861. The van der Waals surface area contributed by atoms with Crippen molar-refractivity contribution in [3.8, 4) is 0 Å². The second kappa shape index (κ2) is 6.18. The lowest BCUT2D eigenvalue weighted by atomic mass is 10.2. The Labute approximate surface area is 131 Å². The van der Waals surface area contributed by atoms with Crippen LogP contribution in [0.2, 0.25) is 0 Å². The average molecular weight is 344 g/mol. The lowest BCUT2D eigenvalue weighted by Gasteiger charge is -2.05. The summed E-state index contributed by atoms with van der Waals surface area (Å²) in [5.74, 6) is -0.229. The molecule has 1 aliphatic rings. The lowest BCUT2D eigenvalue weighted by molar-refractivity contribution is 0.102. The Balaban J connectivity index is 1.72. The first-order chi connectivity index (χ1) is 10.2. The van der Waals surface area contributed by atoms with E-state index in [1.165, 1.54) is 12.8 Å². The normalized spacial score (nSPS) is 14.3. The summed E-state index contributed by atoms with van der Waals surface area (Å²) in [7, 11) is 0. The maximum atomic E-state index is 12.1. The summed E-state index contributed by atoms with van der Waals surface area (Å²) in [6, 6.07) is 11.6. The van der Waals surface area contributed by atoms with Gasteiger partial charge in [-0.05, 0) is 42.7 Å². The molecule has 0 radical (unpaired) electrons. The highest BCUT2D eigenvalue weighted by molar-refractivity contribution is 9.10. The van der Waals surface area contributed by atoms with Gasteiger partial charge in [0.15, 0.2) is 0 Å². The average Bonchev–Trinajstić information content (AvgIpc) is 3.30. The van der Waals surface area contributed by atoms with Crippen LogP contribution in [0.5, 0.6) is 0 Å². The Morgan fingerprint density at radius 1 is 1.33 bits per heavy atom. The molecular formula is C16H14BrN3O. The van der Waals surface area contributed by atoms with Gasteiger partial charge in [0.05, 0.1) is 6.04 Å². The van der Waals surface area contributed by atoms with E-state index >= 15 is 0 Å². The van der Waals surface area contributed by atoms with Crippen LogP contribution in [0.15, 0.2) is 52.1 Å². The molecule has 21 heavy (non-hydrogen) atoms. The van der Waals surface area contributed by atoms with Crippen LogP contribution in [0.4, 0.5) is 5.69 Å². The van der Waals surface area contributed by atoms with Gasteiger partial charge in [-0.1, -0.05) is 28.1 Å². The van der Waals surface area contributed by atoms with Gasteiger partial charge in [-0.3, -0.25) is 14.8 Å². The molecule has 1 aromatic carbocycles. The van der Waals surface area contributed by atoms with Gasteiger partial charge in [-0.25, -0.2) is 0 Å². The number of halogens is 1. The number of aromatic nitrogens is 1. The number of carbonyl (C=O) groups is 1. The number of aliphatic imine (C=N–C) groups is 1. The van der Waals surface area contributed by atoms with Gasteiger partial charge < -0.3 is 5.32 Å². The number of nitrogens with one attached hydrogen (secondary N) is 1. The third-order valence-electron chi connectivity index (χ3n) is 3.08. The number of benzene rings is 1. The van der Waals surface area contributed by atoms with E-state index in [2.05, 4.69) is 31.2 Å². The van der Waals surface area contributed by atoms with Gasteiger partial charge in [-0.2, -0.15) is 0 Å². The minimum atomic E-state index is -0.229. The standard InChI is InChI=1S/C16H14BrN3O/c17-12-6-7-18-15(9-12)16(21)20-14-3-1-2-11(8-14)10-19-13-4-5-13/h1-3,6-10,13H,4-5H2,(H,20,21). The number of carbonyl (C=O) groups excluding carboxylic acids is 1. The Hall–Kier alpha value is -2.01. The van der Waals surface area contributed by atoms with E-state index in [1.54, 1.807) is 18.3 Å². The first-order valence-electron chi connectivity index (χ1n) is 6.77. The molecule has 1 aliphatic carbocycles. The molecule has 1 aromatic heterocycles. The van der Waals surface area contributed by atoms with Crippen molar-refractivity contribution in [2.45, 2.75) is 18.9 Å². The zero-order chi connectivity index (χ0) is 14.7. The lowest BCUT2D eigenvalue weighted by Crippen LogP contribution is -2.13. The molecule has 1 amide bonds. The molecule has 2 aromatic rings. The van der Waals surface area contributed by atoms with E-state index in [0.717, 1.165) is 15.7 Å². The zero-order valence-corrected chi connectivity index (χ0v) is 12.9. The van der Waals surface area contributed by atoms with E-state index in [1.807, 2.05) is 30.5 Å². The molecule has 1 heterocycles. The van der Waals surface area contributed by atoms with Crippen LogP contribution in [-0.2, 0) is 0 Å². The molecule has 106 valence electrons. The van der Waals surface area contributed by atoms with E-state index in [0.29, 0.717) is 11.7 Å². The minimum Gasteiger partial charge on any atom is -0.321 e. The monoisotopic (exact) mass is 343 g/mol. The molecule has 3 rings (SSSR count). The molecule has 0 aliphatic heterocycles. The molecule has 1 fully saturated rings. The molecule has 0 unspecified atom stereocenters. The van der Waals surface area contributed by atoms with Crippen molar-refractivity contribution in [2.75, 3.05) is 5.32 Å². The maximum Gasteiger partial charge on any atom is 0.274 e. The Morgan fingerprint density at radius 3 is 2.95 bits per heavy atom. The van der Waals surface area contributed by atoms with E-state index in [4.69, 9.17) is 0 Å². The van der Waals surface area contributed by atoms with Crippen molar-refractivity contribution in [1.29, 1.82) is 0 Å². The molecule has 1 N–H and O–H groups in total. The van der Waals surface area contributed by atoms with Crippen LogP contribution in [0, 0.1) is 0 Å². The first kappa shape index (κ1) is 13.9. The van der Waals surface area contributed by atoms with Crippen molar-refractivity contribution in [1.82, 2.24) is 4.98 Å². The summed E-state index contributed by atoms with van der Waals surface area (Å²) in [4.78, 5) is 20.6. The van der Waals surface area contributed by atoms with Gasteiger partial charge in [-0.15, -0.1) is 0 Å². The van der Waals surface area contributed by atoms with Crippen LogP contribution >= 0.6 is 15.9 Å². The summed E-state index contributed by atoms with van der Waals surface area (Å²) in [6.45, 7) is 0. The molecule has 1 saturated carbocycles. The van der Waals surface area contributed by atoms with Crippen molar-refractivity contribution < 1.29 is 4.79 Å². The van der Waals surface area contributed by atoms with Gasteiger partial charge in [0.1, 0.15) is 5.69 Å². The largest absolute Gasteiger partial charge is 0.321 e. The van der Waals surface area contributed by atoms with Gasteiger partial charge in [0.2, 0.25) is 0 Å². The van der Waals surface area contributed by atoms with Crippen LogP contribution in [-0.4, -0.2) is 23.1 Å². The predicted molar refractivity (Wildman–Crippen MR) is 86.9 cm³/mol. The molecule has 0 spiro atoms. The molecule has 0 saturated heterocycles. The SMILES string of the molecule is O=C(Nc1cccc(C=NC2CC2)c1)c1cc(Br)ccn1. The van der Waals surface area contributed by atoms with E-state index in [9.17, 15) is 4.79 Å². The maximum absolute atomic E-state index is 12.1. The van der Waals surface area contributed by atoms with Gasteiger partial charge >= 0.3 is 0 Å². The number of hydrogen-bond acceptors (Lipinski definition) is 3. The van der Waals surface area contributed by atoms with Crippen molar-refractivity contribution in [3.05, 3.63) is 58.3 Å². The Kier molecular flexibility index (Phi) is 4.10. The fraction of sp³-hybridized carbons (Fsp3) is 0.188. The minimum absolute atomic E-state index is 0.229. The first-order valence-corrected chi connectivity index (χ1v) is 7.56. The van der Waals surface area contributed by atoms with Crippen LogP contribution in [0.25, 0.3) is 0 Å². The Bertz CT molecular complexity index is 695. The highest BCUT2D eigenvalue weighted by Gasteiger charge is 2.18. The number of hydrogen-bond donors (Lipinski definition) is 1. The smallest absolute Gasteiger partial charge is 0.274 e. The van der Waals surface area contributed by atoms with Gasteiger partial charge in [0.25, 0.3) is 5.91 Å². The second-order valence-electron chi connectivity index (χ2n) is 4.95. The van der Waals surface area contributed by atoms with Crippen LogP contribution < -0.4 is 5.32 Å². The number of amides is 1. The van der Waals surface area contributed by atoms with Crippen molar-refractivity contribution >= 4 is 33.7 Å². The third kappa shape index (κ3) is 3.98. The Morgan fingerprint density at radius 2 is 2.19 bits per heavy atom. The van der Waals surface area contributed by atoms with Gasteiger partial charge in [0, 0.05) is 22.6 Å². The van der Waals surface area contributed by atoms with Crippen molar-refractivity contribution in [2.24, 2.45) is 4.99 Å². The number of nitrogens with zero attached hydrogens (tertiary/aromatic N) is 2. The van der Waals surface area contributed by atoms with E-state index < -0.39 is 0 Å². The summed E-state index contributed by atoms with van der Waals surface area (Å²) >= 11 is 3.33. The number of anilines is 1. The fourth-order valence-corrected chi connectivity index (χ4v) is 2.17.